The molecule has 0 saturated heterocycles. The maximum absolute atomic E-state index is 13.5. The highest BCUT2D eigenvalue weighted by atomic mass is 32.1. The number of carbonyl (C=O) groups is 1. The number of hydrogen-bond donors (Lipinski definition) is 2. The number of nitrogen functional groups attached to an aromatic ring is 1. The normalized spacial score (nSPS) is 18.0. The fraction of sp³-hybridized carbons (Fsp3) is 0.350. The van der Waals surface area contributed by atoms with Crippen molar-refractivity contribution in [3.63, 3.8) is 0 Å². The lowest BCUT2D eigenvalue weighted by Crippen LogP contribution is -2.36. The Morgan fingerprint density at radius 2 is 1.92 bits per heavy atom. The molecule has 3 N–H and O–H groups in total. The Kier molecular flexibility index (Phi) is 5.21. The molecule has 1 atom stereocenters. The lowest BCUT2D eigenvalue weighted by atomic mass is 9.85. The van der Waals surface area contributed by atoms with Crippen molar-refractivity contribution in [3.05, 3.63) is 39.9 Å². The van der Waals surface area contributed by atoms with Crippen LogP contribution in [-0.2, 0) is 16.6 Å². The second kappa shape index (κ2) is 7.84. The summed E-state index contributed by atoms with van der Waals surface area (Å²) in [6, 6.07) is 0. The summed E-state index contributed by atoms with van der Waals surface area (Å²) in [7, 11) is 0. The van der Waals surface area contributed by atoms with Crippen molar-refractivity contribution < 1.29 is 26.7 Å². The van der Waals surface area contributed by atoms with Gasteiger partial charge in [-0.25, -0.2) is 19.9 Å². The largest absolute Gasteiger partial charge is 0.453 e. The van der Waals surface area contributed by atoms with Gasteiger partial charge in [-0.1, -0.05) is 0 Å². The van der Waals surface area contributed by atoms with Crippen molar-refractivity contribution in [2.75, 3.05) is 11.1 Å². The standard InChI is InChI=1S/C20H16F5N9OS/c1-8-32-33-17(36-8)18(2)11-12(26)29-13(30-14(11)31-16(18)35)10-7-34-6-5-27-15(34)9(28-10)3-4-19(21,22)20(23,24)25/h5-7H,3-4H2,1-2H3,(H3,26,29,30,31,35). The van der Waals surface area contributed by atoms with Gasteiger partial charge in [-0.2, -0.15) is 22.0 Å². The third kappa shape index (κ3) is 3.63. The number of hydrogen-bond acceptors (Lipinski definition) is 9. The molecule has 16 heteroatoms. The number of rotatable bonds is 5. The zero-order chi connectivity index (χ0) is 26.0. The van der Waals surface area contributed by atoms with Crippen molar-refractivity contribution in [2.45, 2.75) is 44.2 Å². The van der Waals surface area contributed by atoms with Gasteiger partial charge < -0.3 is 15.5 Å². The van der Waals surface area contributed by atoms with Crippen LogP contribution in [-0.4, -0.2) is 52.5 Å². The number of nitrogens with zero attached hydrogens (tertiary/aromatic N) is 7. The van der Waals surface area contributed by atoms with Crippen molar-refractivity contribution >= 4 is 34.5 Å². The Balaban J connectivity index is 1.57. The number of amides is 1. The highest BCUT2D eigenvalue weighted by Gasteiger charge is 2.56. The Morgan fingerprint density at radius 1 is 1.17 bits per heavy atom. The average molecular weight is 525 g/mol. The molecule has 1 unspecified atom stereocenters. The van der Waals surface area contributed by atoms with Gasteiger partial charge in [-0.3, -0.25) is 4.79 Å². The molecule has 188 valence electrons. The van der Waals surface area contributed by atoms with Crippen LogP contribution in [0, 0.1) is 6.92 Å². The molecule has 0 fully saturated rings. The molecular weight excluding hydrogens is 509 g/mol. The van der Waals surface area contributed by atoms with Crippen LogP contribution >= 0.6 is 11.3 Å². The molecule has 5 rings (SSSR count). The predicted octanol–water partition coefficient (Wildman–Crippen LogP) is 3.32. The van der Waals surface area contributed by atoms with Crippen LogP contribution in [0.2, 0.25) is 0 Å². The number of nitrogens with one attached hydrogen (secondary N) is 1. The number of nitrogens with two attached hydrogens (primary N) is 1. The number of alkyl halides is 5. The third-order valence-corrected chi connectivity index (χ3v) is 6.90. The maximum atomic E-state index is 13.5. The van der Waals surface area contributed by atoms with Crippen LogP contribution in [0.5, 0.6) is 0 Å². The topological polar surface area (TPSA) is 137 Å². The fourth-order valence-electron chi connectivity index (χ4n) is 3.91. The molecular formula is C20H16F5N9OS. The Morgan fingerprint density at radius 3 is 2.58 bits per heavy atom. The molecule has 1 amide bonds. The average Bonchev–Trinajstić information content (AvgIpc) is 3.50. The summed E-state index contributed by atoms with van der Waals surface area (Å²) in [4.78, 5) is 29.8. The predicted molar refractivity (Wildman–Crippen MR) is 117 cm³/mol. The van der Waals surface area contributed by atoms with Gasteiger partial charge in [0, 0.05) is 25.0 Å². The highest BCUT2D eigenvalue weighted by Crippen LogP contribution is 2.45. The first-order valence-electron chi connectivity index (χ1n) is 10.4. The summed E-state index contributed by atoms with van der Waals surface area (Å²) in [5.74, 6) is -5.36. The lowest BCUT2D eigenvalue weighted by molar-refractivity contribution is -0.284. The van der Waals surface area contributed by atoms with Crippen LogP contribution in [0.1, 0.15) is 34.6 Å². The van der Waals surface area contributed by atoms with Crippen LogP contribution in [0.25, 0.3) is 17.2 Å². The minimum absolute atomic E-state index is 0.0370. The molecule has 10 nitrogen and oxygen atoms in total. The van der Waals surface area contributed by atoms with Crippen molar-refractivity contribution in [3.8, 4) is 11.5 Å². The van der Waals surface area contributed by atoms with Gasteiger partial charge in [0.15, 0.2) is 11.5 Å². The van der Waals surface area contributed by atoms with E-state index in [1.165, 1.54) is 34.3 Å². The second-order valence-electron chi connectivity index (χ2n) is 8.29. The van der Waals surface area contributed by atoms with Crippen LogP contribution in [0.4, 0.5) is 33.6 Å². The van der Waals surface area contributed by atoms with E-state index >= 15 is 0 Å². The third-order valence-electron chi connectivity index (χ3n) is 5.84. The quantitative estimate of drug-likeness (QED) is 0.379. The number of aryl methyl sites for hydroxylation is 2. The van der Waals surface area contributed by atoms with Crippen molar-refractivity contribution in [2.24, 2.45) is 0 Å². The Bertz CT molecular complexity index is 1520. The molecule has 0 spiro atoms. The van der Waals surface area contributed by atoms with E-state index in [0.29, 0.717) is 15.6 Å². The SMILES string of the molecule is Cc1nnc(C2(C)C(=O)Nc3nc(-c4cn5ccnc5c(CCC(F)(F)C(F)(F)F)n4)nc(N)c32)s1. The van der Waals surface area contributed by atoms with Gasteiger partial charge in [-0.15, -0.1) is 21.5 Å². The molecule has 4 aromatic rings. The summed E-state index contributed by atoms with van der Waals surface area (Å²) >= 11 is 1.22. The second-order valence-corrected chi connectivity index (χ2v) is 9.48. The molecule has 36 heavy (non-hydrogen) atoms. The summed E-state index contributed by atoms with van der Waals surface area (Å²) < 4.78 is 66.5. The van der Waals surface area contributed by atoms with Crippen LogP contribution in [0.3, 0.4) is 0 Å². The van der Waals surface area contributed by atoms with Gasteiger partial charge in [0.25, 0.3) is 0 Å². The summed E-state index contributed by atoms with van der Waals surface area (Å²) in [5, 5.41) is 11.7. The van der Waals surface area contributed by atoms with Gasteiger partial charge in [0.2, 0.25) is 5.91 Å². The molecule has 1 aliphatic heterocycles. The van der Waals surface area contributed by atoms with Gasteiger partial charge in [-0.05, 0) is 20.3 Å². The van der Waals surface area contributed by atoms with E-state index in [1.54, 1.807) is 13.8 Å². The first kappa shape index (κ1) is 23.9. The van der Waals surface area contributed by atoms with Crippen LogP contribution in [0.15, 0.2) is 18.6 Å². The fourth-order valence-corrected chi connectivity index (χ4v) is 4.76. The van der Waals surface area contributed by atoms with Gasteiger partial charge >= 0.3 is 12.1 Å². The zero-order valence-corrected chi connectivity index (χ0v) is 19.4. The first-order chi connectivity index (χ1) is 16.8. The molecule has 0 aromatic carbocycles. The number of carbonyl (C=O) groups excluding carboxylic acids is 1. The summed E-state index contributed by atoms with van der Waals surface area (Å²) in [6.45, 7) is 3.35. The number of aromatic nitrogens is 7. The van der Waals surface area contributed by atoms with Gasteiger partial charge in [0.1, 0.15) is 32.8 Å². The number of halogens is 5. The van der Waals surface area contributed by atoms with Crippen LogP contribution < -0.4 is 11.1 Å². The summed E-state index contributed by atoms with van der Waals surface area (Å²) in [6.07, 6.45) is -3.67. The minimum Gasteiger partial charge on any atom is -0.383 e. The van der Waals surface area contributed by atoms with E-state index in [0.717, 1.165) is 0 Å². The molecule has 4 aromatic heterocycles. The Labute approximate surface area is 202 Å². The highest BCUT2D eigenvalue weighted by molar-refractivity contribution is 7.11. The van der Waals surface area contributed by atoms with E-state index in [9.17, 15) is 26.7 Å². The molecule has 0 saturated carbocycles. The van der Waals surface area contributed by atoms with E-state index < -0.39 is 36.3 Å². The zero-order valence-electron chi connectivity index (χ0n) is 18.6. The van der Waals surface area contributed by atoms with E-state index in [1.807, 2.05) is 0 Å². The molecule has 0 aliphatic carbocycles. The first-order valence-corrected chi connectivity index (χ1v) is 11.2. The Hall–Kier alpha value is -3.82. The number of fused-ring (bicyclic) bond motifs is 2. The smallest absolute Gasteiger partial charge is 0.383 e. The minimum atomic E-state index is -5.69. The summed E-state index contributed by atoms with van der Waals surface area (Å²) in [5.41, 5.74) is 5.27. The maximum Gasteiger partial charge on any atom is 0.453 e. The van der Waals surface area contributed by atoms with E-state index in [-0.39, 0.29) is 34.5 Å². The monoisotopic (exact) mass is 525 g/mol. The van der Waals surface area contributed by atoms with Crippen molar-refractivity contribution in [1.82, 2.24) is 34.5 Å². The van der Waals surface area contributed by atoms with E-state index in [2.05, 4.69) is 35.5 Å². The molecule has 0 radical (unpaired) electrons. The number of anilines is 2. The molecule has 5 heterocycles. The molecule has 1 aliphatic rings. The van der Waals surface area contributed by atoms with E-state index in [4.69, 9.17) is 5.73 Å². The van der Waals surface area contributed by atoms with Crippen molar-refractivity contribution in [1.29, 1.82) is 0 Å². The number of imidazole rings is 1. The molecule has 0 bridgehead atoms. The lowest BCUT2D eigenvalue weighted by Gasteiger charge is -2.19. The van der Waals surface area contributed by atoms with Gasteiger partial charge in [0.05, 0.1) is 11.3 Å².